The molecule has 0 N–H and O–H groups in total. The number of alkyl halides is 3. The second-order valence-corrected chi connectivity index (χ2v) is 4.02. The van der Waals surface area contributed by atoms with Gasteiger partial charge in [0, 0.05) is 5.56 Å². The number of aliphatic imine (C=N–C) groups is 1. The molecule has 2 aromatic rings. The lowest BCUT2D eigenvalue weighted by atomic mass is 10.1. The van der Waals surface area contributed by atoms with Gasteiger partial charge in [-0.1, -0.05) is 30.3 Å². The minimum Gasteiger partial charge on any atom is -0.239 e. The fraction of sp³-hybridized carbons (Fsp3) is 0.0625. The molecule has 2 aromatic carbocycles. The Morgan fingerprint density at radius 2 is 1.55 bits per heavy atom. The first-order valence-corrected chi connectivity index (χ1v) is 5.78. The van der Waals surface area contributed by atoms with Crippen LogP contribution >= 0.6 is 0 Å². The standard InChI is InChI=1S/C16H10F3N/c1-2-15(12-6-4-3-5-7-12)20-14-10-8-13(9-11-14)16(17,18)19/h1,3-11H. The minimum absolute atomic E-state index is 0.380. The Bertz CT molecular complexity index is 647. The second-order valence-electron chi connectivity index (χ2n) is 4.02. The minimum atomic E-state index is -4.35. The molecule has 0 aliphatic carbocycles. The first-order chi connectivity index (χ1) is 9.50. The molecule has 0 heterocycles. The van der Waals surface area contributed by atoms with Crippen molar-refractivity contribution in [3.63, 3.8) is 0 Å². The molecule has 100 valence electrons. The summed E-state index contributed by atoms with van der Waals surface area (Å²) < 4.78 is 37.3. The Labute approximate surface area is 114 Å². The van der Waals surface area contributed by atoms with Gasteiger partial charge in [0.1, 0.15) is 5.71 Å². The maximum Gasteiger partial charge on any atom is 0.416 e. The summed E-state index contributed by atoms with van der Waals surface area (Å²) in [6.07, 6.45) is 1.04. The maximum atomic E-state index is 12.4. The lowest BCUT2D eigenvalue weighted by molar-refractivity contribution is -0.137. The summed E-state index contributed by atoms with van der Waals surface area (Å²) in [4.78, 5) is 4.18. The number of hydrogen-bond acceptors (Lipinski definition) is 1. The van der Waals surface area contributed by atoms with Crippen molar-refractivity contribution in [2.45, 2.75) is 6.18 Å². The summed E-state index contributed by atoms with van der Waals surface area (Å²) in [6, 6.07) is 13.6. The van der Waals surface area contributed by atoms with Gasteiger partial charge in [0.05, 0.1) is 11.3 Å². The van der Waals surface area contributed by atoms with Crippen molar-refractivity contribution < 1.29 is 13.2 Å². The number of hydrogen-bond donors (Lipinski definition) is 0. The van der Waals surface area contributed by atoms with Gasteiger partial charge in [0.2, 0.25) is 0 Å². The molecule has 0 aliphatic heterocycles. The molecule has 0 spiro atoms. The van der Waals surface area contributed by atoms with Crippen LogP contribution in [0.3, 0.4) is 0 Å². The van der Waals surface area contributed by atoms with Crippen LogP contribution in [0, 0.1) is 12.3 Å². The number of halogens is 3. The van der Waals surface area contributed by atoms with E-state index in [-0.39, 0.29) is 0 Å². The molecule has 0 fully saturated rings. The zero-order valence-electron chi connectivity index (χ0n) is 10.4. The Kier molecular flexibility index (Phi) is 3.90. The first kappa shape index (κ1) is 13.9. The third kappa shape index (κ3) is 3.27. The van der Waals surface area contributed by atoms with E-state index in [9.17, 15) is 13.2 Å². The van der Waals surface area contributed by atoms with Crippen molar-refractivity contribution >= 4 is 11.4 Å². The van der Waals surface area contributed by atoms with E-state index in [0.717, 1.165) is 17.7 Å². The highest BCUT2D eigenvalue weighted by molar-refractivity contribution is 6.13. The molecule has 0 aliphatic rings. The van der Waals surface area contributed by atoms with E-state index in [1.54, 1.807) is 12.1 Å². The molecule has 0 bridgehead atoms. The van der Waals surface area contributed by atoms with Gasteiger partial charge in [0.25, 0.3) is 0 Å². The van der Waals surface area contributed by atoms with Gasteiger partial charge in [-0.3, -0.25) is 0 Å². The van der Waals surface area contributed by atoms with Crippen LogP contribution in [0.2, 0.25) is 0 Å². The number of terminal acetylenes is 1. The summed E-state index contributed by atoms with van der Waals surface area (Å²) >= 11 is 0. The average molecular weight is 273 g/mol. The number of benzene rings is 2. The lowest BCUT2D eigenvalue weighted by Crippen LogP contribution is -2.03. The van der Waals surface area contributed by atoms with E-state index in [1.807, 2.05) is 18.2 Å². The fourth-order valence-electron chi connectivity index (χ4n) is 1.63. The molecule has 4 heteroatoms. The van der Waals surface area contributed by atoms with Crippen molar-refractivity contribution in [2.75, 3.05) is 0 Å². The van der Waals surface area contributed by atoms with Gasteiger partial charge >= 0.3 is 6.18 Å². The molecule has 0 amide bonds. The van der Waals surface area contributed by atoms with Crippen LogP contribution in [-0.4, -0.2) is 5.71 Å². The molecule has 2 rings (SSSR count). The Morgan fingerprint density at radius 1 is 0.950 bits per heavy atom. The van der Waals surface area contributed by atoms with Crippen molar-refractivity contribution in [3.8, 4) is 12.3 Å². The van der Waals surface area contributed by atoms with Crippen molar-refractivity contribution in [3.05, 3.63) is 65.7 Å². The van der Waals surface area contributed by atoms with Gasteiger partial charge < -0.3 is 0 Å². The van der Waals surface area contributed by atoms with Crippen LogP contribution in [0.5, 0.6) is 0 Å². The maximum absolute atomic E-state index is 12.4. The van der Waals surface area contributed by atoms with Crippen molar-refractivity contribution in [2.24, 2.45) is 4.99 Å². The summed E-state index contributed by atoms with van der Waals surface area (Å²) in [5.74, 6) is 2.44. The van der Waals surface area contributed by atoms with E-state index >= 15 is 0 Å². The van der Waals surface area contributed by atoms with Crippen LogP contribution in [0.1, 0.15) is 11.1 Å². The molecular formula is C16H10F3N. The SMILES string of the molecule is C#CC(=Nc1ccc(C(F)(F)F)cc1)c1ccccc1. The van der Waals surface area contributed by atoms with E-state index in [1.165, 1.54) is 12.1 Å². The first-order valence-electron chi connectivity index (χ1n) is 5.78. The predicted molar refractivity (Wildman–Crippen MR) is 72.9 cm³/mol. The normalized spacial score (nSPS) is 12.0. The highest BCUT2D eigenvalue weighted by atomic mass is 19.4. The van der Waals surface area contributed by atoms with Gasteiger partial charge in [0.15, 0.2) is 0 Å². The van der Waals surface area contributed by atoms with Gasteiger partial charge in [-0.05, 0) is 30.2 Å². The van der Waals surface area contributed by atoms with Gasteiger partial charge in [-0.15, -0.1) is 6.42 Å². The Balaban J connectivity index is 2.33. The molecule has 0 saturated heterocycles. The molecule has 0 unspecified atom stereocenters. The topological polar surface area (TPSA) is 12.4 Å². The summed E-state index contributed by atoms with van der Waals surface area (Å²) in [5.41, 5.74) is 0.800. The molecular weight excluding hydrogens is 263 g/mol. The Hall–Kier alpha value is -2.54. The highest BCUT2D eigenvalue weighted by Crippen LogP contribution is 2.30. The number of rotatable bonds is 2. The smallest absolute Gasteiger partial charge is 0.239 e. The molecule has 0 saturated carbocycles. The monoisotopic (exact) mass is 273 g/mol. The number of nitrogens with zero attached hydrogens (tertiary/aromatic N) is 1. The summed E-state index contributed by atoms with van der Waals surface area (Å²) in [7, 11) is 0. The zero-order valence-corrected chi connectivity index (χ0v) is 10.4. The van der Waals surface area contributed by atoms with Gasteiger partial charge in [-0.2, -0.15) is 13.2 Å². The largest absolute Gasteiger partial charge is 0.416 e. The van der Waals surface area contributed by atoms with E-state index in [4.69, 9.17) is 6.42 Å². The average Bonchev–Trinajstić information content (AvgIpc) is 2.45. The van der Waals surface area contributed by atoms with Crippen LogP contribution in [0.25, 0.3) is 0 Å². The molecule has 20 heavy (non-hydrogen) atoms. The molecule has 0 aromatic heterocycles. The second kappa shape index (κ2) is 5.62. The molecule has 0 radical (unpaired) electrons. The van der Waals surface area contributed by atoms with Crippen LogP contribution < -0.4 is 0 Å². The third-order valence-corrected chi connectivity index (χ3v) is 2.62. The summed E-state index contributed by atoms with van der Waals surface area (Å²) in [5, 5.41) is 0. The zero-order chi connectivity index (χ0) is 14.6. The third-order valence-electron chi connectivity index (χ3n) is 2.62. The highest BCUT2D eigenvalue weighted by Gasteiger charge is 2.29. The van der Waals surface area contributed by atoms with Gasteiger partial charge in [-0.25, -0.2) is 4.99 Å². The molecule has 0 atom stereocenters. The van der Waals surface area contributed by atoms with E-state index < -0.39 is 11.7 Å². The molecule has 1 nitrogen and oxygen atoms in total. The fourth-order valence-corrected chi connectivity index (χ4v) is 1.63. The van der Waals surface area contributed by atoms with Crippen LogP contribution in [-0.2, 0) is 6.18 Å². The lowest BCUT2D eigenvalue weighted by Gasteiger charge is -2.06. The quantitative estimate of drug-likeness (QED) is 0.566. The van der Waals surface area contributed by atoms with Crippen LogP contribution in [0.15, 0.2) is 59.6 Å². The van der Waals surface area contributed by atoms with E-state index in [2.05, 4.69) is 10.9 Å². The van der Waals surface area contributed by atoms with Crippen molar-refractivity contribution in [1.82, 2.24) is 0 Å². The van der Waals surface area contributed by atoms with E-state index in [0.29, 0.717) is 11.4 Å². The Morgan fingerprint density at radius 3 is 2.05 bits per heavy atom. The summed E-state index contributed by atoms with van der Waals surface area (Å²) in [6.45, 7) is 0. The van der Waals surface area contributed by atoms with Crippen molar-refractivity contribution in [1.29, 1.82) is 0 Å². The predicted octanol–water partition coefficient (Wildman–Crippen LogP) is 4.46. The van der Waals surface area contributed by atoms with Crippen LogP contribution in [0.4, 0.5) is 18.9 Å².